The van der Waals surface area contributed by atoms with Crippen molar-refractivity contribution < 1.29 is 33.0 Å². The van der Waals surface area contributed by atoms with Crippen LogP contribution >= 0.6 is 0 Å². The number of hydrogen-bond acceptors (Lipinski definition) is 4. The van der Waals surface area contributed by atoms with E-state index < -0.39 is 41.4 Å². The highest BCUT2D eigenvalue weighted by atomic mass is 19.1. The van der Waals surface area contributed by atoms with Gasteiger partial charge in [0, 0.05) is 12.5 Å². The van der Waals surface area contributed by atoms with Gasteiger partial charge in [0.2, 0.25) is 0 Å². The molecule has 2 rings (SSSR count). The fourth-order valence-corrected chi connectivity index (χ4v) is 2.39. The molecule has 1 aromatic rings. The van der Waals surface area contributed by atoms with E-state index in [1.807, 2.05) is 0 Å². The van der Waals surface area contributed by atoms with Gasteiger partial charge in [0.15, 0.2) is 11.6 Å². The summed E-state index contributed by atoms with van der Waals surface area (Å²) in [6, 6.07) is 1.70. The second-order valence-electron chi connectivity index (χ2n) is 6.54. The van der Waals surface area contributed by atoms with Gasteiger partial charge >= 0.3 is 12.1 Å². The van der Waals surface area contributed by atoms with Crippen molar-refractivity contribution >= 4 is 12.1 Å². The van der Waals surface area contributed by atoms with E-state index in [4.69, 9.17) is 9.47 Å². The van der Waals surface area contributed by atoms with Gasteiger partial charge in [-0.15, -0.1) is 0 Å². The van der Waals surface area contributed by atoms with Crippen LogP contribution in [0.4, 0.5) is 13.6 Å². The molecule has 132 valence electrons. The number of carboxylic acid groups (broad SMARTS) is 1. The smallest absolute Gasteiger partial charge is 0.411 e. The van der Waals surface area contributed by atoms with Gasteiger partial charge in [-0.2, -0.15) is 0 Å². The highest BCUT2D eigenvalue weighted by Gasteiger charge is 2.42. The number of likely N-dealkylation sites (tertiary alicyclic amines) is 1. The first-order valence-electron chi connectivity index (χ1n) is 7.41. The maximum Gasteiger partial charge on any atom is 0.411 e. The molecule has 1 heterocycles. The van der Waals surface area contributed by atoms with Crippen LogP contribution in [0.25, 0.3) is 0 Å². The minimum Gasteiger partial charge on any atom is -0.485 e. The van der Waals surface area contributed by atoms with Gasteiger partial charge in [-0.1, -0.05) is 0 Å². The van der Waals surface area contributed by atoms with Gasteiger partial charge in [0.25, 0.3) is 0 Å². The number of carbonyl (C=O) groups is 2. The van der Waals surface area contributed by atoms with Gasteiger partial charge < -0.3 is 14.6 Å². The van der Waals surface area contributed by atoms with E-state index in [0.717, 1.165) is 17.0 Å². The van der Waals surface area contributed by atoms with Crippen molar-refractivity contribution in [2.24, 2.45) is 0 Å². The third-order valence-corrected chi connectivity index (χ3v) is 3.36. The Kier molecular flexibility index (Phi) is 4.96. The number of halogens is 2. The summed E-state index contributed by atoms with van der Waals surface area (Å²) < 4.78 is 37.1. The predicted octanol–water partition coefficient (Wildman–Crippen LogP) is 2.81. The van der Waals surface area contributed by atoms with Crippen molar-refractivity contribution in [3.63, 3.8) is 0 Å². The molecular formula is C16H19F2NO5. The van der Waals surface area contributed by atoms with Gasteiger partial charge in [-0.05, 0) is 32.9 Å². The normalized spacial score (nSPS) is 20.8. The van der Waals surface area contributed by atoms with Crippen LogP contribution in [-0.4, -0.2) is 46.4 Å². The Hall–Kier alpha value is -2.38. The second kappa shape index (κ2) is 6.62. The van der Waals surface area contributed by atoms with Crippen LogP contribution in [0, 0.1) is 11.6 Å². The van der Waals surface area contributed by atoms with E-state index in [-0.39, 0.29) is 18.7 Å². The van der Waals surface area contributed by atoms with E-state index in [9.17, 15) is 23.5 Å². The number of aliphatic carboxylic acids is 1. The van der Waals surface area contributed by atoms with Crippen LogP contribution in [0.5, 0.6) is 5.75 Å². The number of amides is 1. The molecular weight excluding hydrogens is 324 g/mol. The van der Waals surface area contributed by atoms with Crippen molar-refractivity contribution in [3.05, 3.63) is 29.8 Å². The van der Waals surface area contributed by atoms with Gasteiger partial charge in [-0.3, -0.25) is 4.90 Å². The Morgan fingerprint density at radius 3 is 2.50 bits per heavy atom. The fraction of sp³-hybridized carbons (Fsp3) is 0.500. The number of nitrogens with zero attached hydrogens (tertiary/aromatic N) is 1. The molecule has 6 nitrogen and oxygen atoms in total. The summed E-state index contributed by atoms with van der Waals surface area (Å²) in [7, 11) is 0. The summed E-state index contributed by atoms with van der Waals surface area (Å²) in [5.74, 6) is -3.04. The molecule has 0 saturated carbocycles. The molecule has 1 aliphatic rings. The van der Waals surface area contributed by atoms with Crippen molar-refractivity contribution in [1.29, 1.82) is 0 Å². The minimum atomic E-state index is -1.20. The Labute approximate surface area is 138 Å². The summed E-state index contributed by atoms with van der Waals surface area (Å²) in [4.78, 5) is 24.6. The number of ether oxygens (including phenoxy) is 2. The van der Waals surface area contributed by atoms with Crippen molar-refractivity contribution in [2.75, 3.05) is 6.54 Å². The fourth-order valence-electron chi connectivity index (χ4n) is 2.39. The second-order valence-corrected chi connectivity index (χ2v) is 6.54. The van der Waals surface area contributed by atoms with E-state index in [2.05, 4.69) is 0 Å². The molecule has 1 aliphatic heterocycles. The van der Waals surface area contributed by atoms with Crippen LogP contribution in [0.2, 0.25) is 0 Å². The maximum absolute atomic E-state index is 13.7. The van der Waals surface area contributed by atoms with Gasteiger partial charge in [-0.25, -0.2) is 18.4 Å². The molecule has 24 heavy (non-hydrogen) atoms. The zero-order valence-electron chi connectivity index (χ0n) is 13.6. The molecule has 8 heteroatoms. The Balaban J connectivity index is 2.11. The average molecular weight is 343 g/mol. The predicted molar refractivity (Wildman–Crippen MR) is 79.8 cm³/mol. The number of rotatable bonds is 3. The Morgan fingerprint density at radius 2 is 1.96 bits per heavy atom. The van der Waals surface area contributed by atoms with E-state index in [1.165, 1.54) is 0 Å². The topological polar surface area (TPSA) is 76.1 Å². The Morgan fingerprint density at radius 1 is 1.29 bits per heavy atom. The molecule has 2 atom stereocenters. The van der Waals surface area contributed by atoms with Crippen molar-refractivity contribution in [3.8, 4) is 5.75 Å². The molecule has 1 fully saturated rings. The van der Waals surface area contributed by atoms with Crippen LogP contribution in [-0.2, 0) is 9.53 Å². The first-order valence-corrected chi connectivity index (χ1v) is 7.41. The summed E-state index contributed by atoms with van der Waals surface area (Å²) >= 11 is 0. The Bertz CT molecular complexity index is 644. The lowest BCUT2D eigenvalue weighted by Gasteiger charge is -2.26. The SMILES string of the molecule is CC(C)(C)OC(=O)N1C[C@@H](Oc2ccc(F)cc2F)C[C@H]1C(=O)O. The van der Waals surface area contributed by atoms with Crippen LogP contribution in [0.1, 0.15) is 27.2 Å². The molecule has 0 radical (unpaired) electrons. The number of hydrogen-bond donors (Lipinski definition) is 1. The zero-order chi connectivity index (χ0) is 18.1. The van der Waals surface area contributed by atoms with Crippen LogP contribution < -0.4 is 4.74 Å². The zero-order valence-corrected chi connectivity index (χ0v) is 13.6. The molecule has 1 saturated heterocycles. The minimum absolute atomic E-state index is 0.0224. The monoisotopic (exact) mass is 343 g/mol. The first kappa shape index (κ1) is 18.0. The number of carbonyl (C=O) groups excluding carboxylic acids is 1. The largest absolute Gasteiger partial charge is 0.485 e. The van der Waals surface area contributed by atoms with Crippen LogP contribution in [0.15, 0.2) is 18.2 Å². The number of carboxylic acids is 1. The van der Waals surface area contributed by atoms with E-state index in [1.54, 1.807) is 20.8 Å². The summed E-state index contributed by atoms with van der Waals surface area (Å²) in [6.07, 6.45) is -1.54. The average Bonchev–Trinajstić information content (AvgIpc) is 2.84. The molecule has 0 aromatic heterocycles. The summed E-state index contributed by atoms with van der Waals surface area (Å²) in [5.41, 5.74) is -0.776. The summed E-state index contributed by atoms with van der Waals surface area (Å²) in [5, 5.41) is 9.28. The van der Waals surface area contributed by atoms with Crippen molar-refractivity contribution in [1.82, 2.24) is 4.90 Å². The van der Waals surface area contributed by atoms with E-state index in [0.29, 0.717) is 6.07 Å². The molecule has 0 spiro atoms. The highest BCUT2D eigenvalue weighted by molar-refractivity contribution is 5.81. The van der Waals surface area contributed by atoms with Gasteiger partial charge in [0.05, 0.1) is 6.54 Å². The standard InChI is InChI=1S/C16H19F2NO5/c1-16(2,3)24-15(22)19-8-10(7-12(19)14(20)21)23-13-5-4-9(17)6-11(13)18/h4-6,10,12H,7-8H2,1-3H3,(H,20,21)/t10-,12-/m0/s1. The molecule has 1 aromatic carbocycles. The molecule has 1 amide bonds. The lowest BCUT2D eigenvalue weighted by atomic mass is 10.2. The lowest BCUT2D eigenvalue weighted by molar-refractivity contribution is -0.142. The van der Waals surface area contributed by atoms with Crippen LogP contribution in [0.3, 0.4) is 0 Å². The molecule has 0 unspecified atom stereocenters. The van der Waals surface area contributed by atoms with Gasteiger partial charge in [0.1, 0.15) is 23.6 Å². The molecule has 0 bridgehead atoms. The lowest BCUT2D eigenvalue weighted by Crippen LogP contribution is -2.43. The molecule has 1 N–H and O–H groups in total. The van der Waals surface area contributed by atoms with E-state index >= 15 is 0 Å². The molecule has 0 aliphatic carbocycles. The third-order valence-electron chi connectivity index (χ3n) is 3.36. The third kappa shape index (κ3) is 4.33. The summed E-state index contributed by atoms with van der Waals surface area (Å²) in [6.45, 7) is 4.93. The first-order chi connectivity index (χ1) is 11.1. The van der Waals surface area contributed by atoms with Crippen molar-refractivity contribution in [2.45, 2.75) is 44.9 Å². The quantitative estimate of drug-likeness (QED) is 0.913. The number of benzene rings is 1. The maximum atomic E-state index is 13.7. The highest BCUT2D eigenvalue weighted by Crippen LogP contribution is 2.27.